The maximum atomic E-state index is 10.9. The summed E-state index contributed by atoms with van der Waals surface area (Å²) < 4.78 is 13.5. The highest BCUT2D eigenvalue weighted by Gasteiger charge is 2.10. The molecule has 7 heteroatoms. The molecule has 0 amide bonds. The molecule has 6 nitrogen and oxygen atoms in total. The van der Waals surface area contributed by atoms with Crippen molar-refractivity contribution in [1.82, 2.24) is 14.8 Å². The van der Waals surface area contributed by atoms with Gasteiger partial charge in [0, 0.05) is 24.3 Å². The van der Waals surface area contributed by atoms with Crippen LogP contribution in [0.25, 0.3) is 0 Å². The number of hydrogen-bond donors (Lipinski definition) is 0. The molecule has 0 N–H and O–H groups in total. The summed E-state index contributed by atoms with van der Waals surface area (Å²) in [6, 6.07) is 5.22. The first-order chi connectivity index (χ1) is 12.2. The van der Waals surface area contributed by atoms with E-state index >= 15 is 0 Å². The number of nitrogens with zero attached hydrogens (tertiary/aromatic N) is 3. The van der Waals surface area contributed by atoms with Gasteiger partial charge in [-0.1, -0.05) is 18.7 Å². The van der Waals surface area contributed by atoms with Gasteiger partial charge in [-0.3, -0.25) is 4.79 Å². The Morgan fingerprint density at radius 3 is 2.68 bits per heavy atom. The van der Waals surface area contributed by atoms with Gasteiger partial charge >= 0.3 is 0 Å². The van der Waals surface area contributed by atoms with Crippen LogP contribution in [0.5, 0.6) is 11.5 Å². The summed E-state index contributed by atoms with van der Waals surface area (Å²) in [5.74, 6) is 3.21. The van der Waals surface area contributed by atoms with Crippen LogP contribution in [-0.2, 0) is 13.0 Å². The van der Waals surface area contributed by atoms with Crippen LogP contribution in [0.3, 0.4) is 0 Å². The van der Waals surface area contributed by atoms with E-state index in [0.717, 1.165) is 42.4 Å². The molecule has 0 aliphatic heterocycles. The van der Waals surface area contributed by atoms with Gasteiger partial charge in [-0.05, 0) is 38.5 Å². The zero-order chi connectivity index (χ0) is 18.1. The van der Waals surface area contributed by atoms with E-state index in [0.29, 0.717) is 30.3 Å². The van der Waals surface area contributed by atoms with Gasteiger partial charge in [0.1, 0.15) is 12.1 Å². The number of aldehydes is 1. The number of carbonyl (C=O) groups excluding carboxylic acids is 1. The van der Waals surface area contributed by atoms with Crippen LogP contribution in [0.15, 0.2) is 23.4 Å². The second-order valence-corrected chi connectivity index (χ2v) is 6.37. The first-order valence-electron chi connectivity index (χ1n) is 8.63. The Morgan fingerprint density at radius 2 is 2.00 bits per heavy atom. The molecule has 0 spiro atoms. The Labute approximate surface area is 152 Å². The minimum Gasteiger partial charge on any atom is -0.490 e. The minimum atomic E-state index is 0.529. The number of rotatable bonds is 11. The molecular formula is C18H25N3O3S. The normalized spacial score (nSPS) is 10.7. The fraction of sp³-hybridized carbons (Fsp3) is 0.500. The first-order valence-corrected chi connectivity index (χ1v) is 9.61. The van der Waals surface area contributed by atoms with E-state index < -0.39 is 0 Å². The van der Waals surface area contributed by atoms with Gasteiger partial charge in [-0.25, -0.2) is 0 Å². The van der Waals surface area contributed by atoms with Crippen LogP contribution >= 0.6 is 11.8 Å². The third kappa shape index (κ3) is 5.22. The third-order valence-electron chi connectivity index (χ3n) is 3.61. The Bertz CT molecular complexity index is 688. The molecular weight excluding hydrogens is 338 g/mol. The number of aromatic nitrogens is 3. The molecule has 0 fully saturated rings. The fourth-order valence-electron chi connectivity index (χ4n) is 2.40. The second-order valence-electron chi connectivity index (χ2n) is 5.30. The highest BCUT2D eigenvalue weighted by atomic mass is 32.2. The Kier molecular flexibility index (Phi) is 7.78. The van der Waals surface area contributed by atoms with Crippen molar-refractivity contribution < 1.29 is 14.3 Å². The van der Waals surface area contributed by atoms with Gasteiger partial charge in [-0.15, -0.1) is 10.2 Å². The maximum absolute atomic E-state index is 10.9. The lowest BCUT2D eigenvalue weighted by molar-refractivity contribution is 0.112. The van der Waals surface area contributed by atoms with Crippen LogP contribution in [-0.4, -0.2) is 40.0 Å². The second kappa shape index (κ2) is 10.1. The highest BCUT2D eigenvalue weighted by molar-refractivity contribution is 7.99. The largest absolute Gasteiger partial charge is 0.490 e. The van der Waals surface area contributed by atoms with E-state index in [-0.39, 0.29) is 0 Å². The van der Waals surface area contributed by atoms with Crippen LogP contribution in [0, 0.1) is 0 Å². The molecule has 0 aliphatic rings. The van der Waals surface area contributed by atoms with Crippen molar-refractivity contribution in [1.29, 1.82) is 0 Å². The highest BCUT2D eigenvalue weighted by Crippen LogP contribution is 2.28. The van der Waals surface area contributed by atoms with Gasteiger partial charge in [-0.2, -0.15) is 0 Å². The van der Waals surface area contributed by atoms with E-state index in [9.17, 15) is 4.79 Å². The molecule has 0 saturated carbocycles. The van der Waals surface area contributed by atoms with Crippen molar-refractivity contribution in [3.63, 3.8) is 0 Å². The lowest BCUT2D eigenvalue weighted by Crippen LogP contribution is -2.04. The van der Waals surface area contributed by atoms with Crippen LogP contribution in [0.1, 0.15) is 43.4 Å². The lowest BCUT2D eigenvalue weighted by Gasteiger charge is -2.12. The quantitative estimate of drug-likeness (QED) is 0.345. The summed E-state index contributed by atoms with van der Waals surface area (Å²) >= 11 is 1.70. The molecule has 0 atom stereocenters. The molecule has 0 saturated heterocycles. The van der Waals surface area contributed by atoms with Gasteiger partial charge in [0.15, 0.2) is 16.7 Å². The number of ether oxygens (including phenoxy) is 2. The zero-order valence-corrected chi connectivity index (χ0v) is 15.8. The lowest BCUT2D eigenvalue weighted by atomic mass is 10.2. The summed E-state index contributed by atoms with van der Waals surface area (Å²) in [6.07, 6.45) is 2.57. The van der Waals surface area contributed by atoms with Gasteiger partial charge in [0.05, 0.1) is 13.2 Å². The summed E-state index contributed by atoms with van der Waals surface area (Å²) in [5, 5.41) is 9.43. The zero-order valence-electron chi connectivity index (χ0n) is 15.0. The van der Waals surface area contributed by atoms with E-state index in [2.05, 4.69) is 28.6 Å². The fourth-order valence-corrected chi connectivity index (χ4v) is 3.33. The molecule has 1 heterocycles. The number of thioether (sulfide) groups is 1. The topological polar surface area (TPSA) is 66.2 Å². The van der Waals surface area contributed by atoms with E-state index in [1.807, 2.05) is 6.92 Å². The van der Waals surface area contributed by atoms with Crippen molar-refractivity contribution in [3.8, 4) is 11.5 Å². The van der Waals surface area contributed by atoms with E-state index in [1.54, 1.807) is 30.0 Å². The number of aryl methyl sites for hydroxylation is 1. The SMILES string of the molecule is CCOc1cc(C=O)ccc1OCCCSc1nnc(CC)n1CC. The van der Waals surface area contributed by atoms with Gasteiger partial charge in [0.2, 0.25) is 0 Å². The number of carbonyl (C=O) groups is 1. The maximum Gasteiger partial charge on any atom is 0.191 e. The van der Waals surface area contributed by atoms with Crippen molar-refractivity contribution in [3.05, 3.63) is 29.6 Å². The molecule has 2 rings (SSSR count). The predicted octanol–water partition coefficient (Wildman–Crippen LogP) is 3.63. The van der Waals surface area contributed by atoms with Crippen molar-refractivity contribution in [2.75, 3.05) is 19.0 Å². The number of benzene rings is 1. The van der Waals surface area contributed by atoms with Gasteiger partial charge in [0.25, 0.3) is 0 Å². The summed E-state index contributed by atoms with van der Waals surface area (Å²) in [4.78, 5) is 10.9. The Balaban J connectivity index is 1.83. The van der Waals surface area contributed by atoms with Crippen LogP contribution in [0.4, 0.5) is 0 Å². The van der Waals surface area contributed by atoms with Crippen molar-refractivity contribution in [2.24, 2.45) is 0 Å². The molecule has 136 valence electrons. The molecule has 2 aromatic rings. The molecule has 1 aromatic heterocycles. The van der Waals surface area contributed by atoms with E-state index in [1.165, 1.54) is 0 Å². The Hall–Kier alpha value is -2.02. The van der Waals surface area contributed by atoms with Crippen molar-refractivity contribution >= 4 is 18.0 Å². The molecule has 0 radical (unpaired) electrons. The summed E-state index contributed by atoms with van der Waals surface area (Å²) in [6.45, 7) is 8.09. The monoisotopic (exact) mass is 363 g/mol. The molecule has 25 heavy (non-hydrogen) atoms. The average Bonchev–Trinajstić information content (AvgIpc) is 3.04. The predicted molar refractivity (Wildman–Crippen MR) is 98.9 cm³/mol. The molecule has 0 bridgehead atoms. The molecule has 0 unspecified atom stereocenters. The minimum absolute atomic E-state index is 0.529. The summed E-state index contributed by atoms with van der Waals surface area (Å²) in [7, 11) is 0. The Morgan fingerprint density at radius 1 is 1.16 bits per heavy atom. The standard InChI is InChI=1S/C18H25N3O3S/c1-4-17-19-20-18(21(17)5-2)25-11-7-10-24-15-9-8-14(13-22)12-16(15)23-6-3/h8-9,12-13H,4-7,10-11H2,1-3H3. The number of hydrogen-bond acceptors (Lipinski definition) is 6. The third-order valence-corrected chi connectivity index (χ3v) is 4.66. The van der Waals surface area contributed by atoms with Gasteiger partial charge < -0.3 is 14.0 Å². The first kappa shape index (κ1) is 19.3. The van der Waals surface area contributed by atoms with Crippen molar-refractivity contribution in [2.45, 2.75) is 45.3 Å². The molecule has 1 aromatic carbocycles. The van der Waals surface area contributed by atoms with Crippen LogP contribution < -0.4 is 9.47 Å². The average molecular weight is 363 g/mol. The molecule has 0 aliphatic carbocycles. The smallest absolute Gasteiger partial charge is 0.191 e. The van der Waals surface area contributed by atoms with E-state index in [4.69, 9.17) is 9.47 Å². The van der Waals surface area contributed by atoms with Crippen LogP contribution in [0.2, 0.25) is 0 Å². The summed E-state index contributed by atoms with van der Waals surface area (Å²) in [5.41, 5.74) is 0.581.